The number of halogens is 1. The molecule has 0 unspecified atom stereocenters. The van der Waals surface area contributed by atoms with Gasteiger partial charge in [-0.2, -0.15) is 5.26 Å². The fraction of sp³-hybridized carbons (Fsp3) is 0.381. The molecule has 7 heteroatoms. The average Bonchev–Trinajstić information content (AvgIpc) is 3.04. The summed E-state index contributed by atoms with van der Waals surface area (Å²) in [7, 11) is 0. The van der Waals surface area contributed by atoms with Gasteiger partial charge in [0.05, 0.1) is 23.1 Å². The maximum absolute atomic E-state index is 14.6. The van der Waals surface area contributed by atoms with E-state index >= 15 is 0 Å². The molecule has 0 saturated carbocycles. The van der Waals surface area contributed by atoms with Crippen LogP contribution in [0.25, 0.3) is 15.9 Å². The monoisotopic (exact) mass is 413 g/mol. The molecule has 0 fully saturated rings. The number of fused-ring (bicyclic) bond motifs is 3. The standard InChI is InChI=1S/C21H20FN3OS2/c1-12-7-8-14-17(9-12)28-19-18(14)20(26)25(16-6-4-3-5-15(16)22)21(24-19)27-11-13(2)10-23/h3-6,12-13H,7-9,11H2,1-2H3/t12-,13-/m1/s1. The Hall–Kier alpha value is -2.17. The molecule has 28 heavy (non-hydrogen) atoms. The molecule has 0 N–H and O–H groups in total. The van der Waals surface area contributed by atoms with Crippen molar-refractivity contribution in [2.75, 3.05) is 5.75 Å². The van der Waals surface area contributed by atoms with E-state index in [1.54, 1.807) is 29.5 Å². The molecule has 0 radical (unpaired) electrons. The smallest absolute Gasteiger partial charge is 0.267 e. The van der Waals surface area contributed by atoms with Crippen LogP contribution in [0.3, 0.4) is 0 Å². The largest absolute Gasteiger partial charge is 0.268 e. The first-order chi connectivity index (χ1) is 13.5. The second kappa shape index (κ2) is 7.69. The number of thiophene rings is 1. The van der Waals surface area contributed by atoms with E-state index in [1.165, 1.54) is 27.3 Å². The van der Waals surface area contributed by atoms with Gasteiger partial charge in [0.1, 0.15) is 10.6 Å². The van der Waals surface area contributed by atoms with Crippen LogP contribution in [0.5, 0.6) is 0 Å². The molecular weight excluding hydrogens is 393 g/mol. The molecule has 1 aliphatic rings. The molecule has 2 heterocycles. The Balaban J connectivity index is 1.96. The highest BCUT2D eigenvalue weighted by Crippen LogP contribution is 2.37. The molecule has 144 valence electrons. The SMILES string of the molecule is C[C@@H]1CCc2c(sc3nc(SC[C@H](C)C#N)n(-c4ccccc4F)c(=O)c23)C1. The topological polar surface area (TPSA) is 58.7 Å². The van der Waals surface area contributed by atoms with Gasteiger partial charge in [-0.1, -0.05) is 30.8 Å². The Bertz CT molecular complexity index is 1140. The van der Waals surface area contributed by atoms with E-state index in [2.05, 4.69) is 13.0 Å². The molecule has 0 bridgehead atoms. The minimum atomic E-state index is -0.460. The summed E-state index contributed by atoms with van der Waals surface area (Å²) in [6.07, 6.45) is 2.88. The minimum Gasteiger partial charge on any atom is -0.268 e. The van der Waals surface area contributed by atoms with Gasteiger partial charge in [-0.15, -0.1) is 11.3 Å². The van der Waals surface area contributed by atoms with Crippen molar-refractivity contribution in [3.8, 4) is 11.8 Å². The number of nitriles is 1. The van der Waals surface area contributed by atoms with Gasteiger partial charge in [0, 0.05) is 10.6 Å². The Morgan fingerprint density at radius 2 is 2.25 bits per heavy atom. The van der Waals surface area contributed by atoms with E-state index in [0.29, 0.717) is 22.2 Å². The van der Waals surface area contributed by atoms with Crippen LogP contribution in [0.4, 0.5) is 4.39 Å². The molecule has 0 spiro atoms. The molecule has 4 rings (SSSR count). The summed E-state index contributed by atoms with van der Waals surface area (Å²) in [4.78, 5) is 20.2. The lowest BCUT2D eigenvalue weighted by Crippen LogP contribution is -2.23. The van der Waals surface area contributed by atoms with Gasteiger partial charge in [0.25, 0.3) is 5.56 Å². The van der Waals surface area contributed by atoms with Crippen LogP contribution >= 0.6 is 23.1 Å². The summed E-state index contributed by atoms with van der Waals surface area (Å²) >= 11 is 2.91. The molecule has 1 aliphatic carbocycles. The second-order valence-electron chi connectivity index (χ2n) is 7.36. The first kappa shape index (κ1) is 19.2. The van der Waals surface area contributed by atoms with Crippen LogP contribution in [0.1, 0.15) is 30.7 Å². The number of aryl methyl sites for hydroxylation is 1. The number of hydrogen-bond acceptors (Lipinski definition) is 5. The fourth-order valence-electron chi connectivity index (χ4n) is 3.55. The van der Waals surface area contributed by atoms with Crippen LogP contribution in [0.2, 0.25) is 0 Å². The molecule has 4 nitrogen and oxygen atoms in total. The number of rotatable bonds is 4. The number of aromatic nitrogens is 2. The quantitative estimate of drug-likeness (QED) is 0.448. The third-order valence-corrected chi connectivity index (χ3v) is 7.42. The van der Waals surface area contributed by atoms with E-state index in [0.717, 1.165) is 29.7 Å². The zero-order valence-corrected chi connectivity index (χ0v) is 17.4. The van der Waals surface area contributed by atoms with Gasteiger partial charge in [0.2, 0.25) is 0 Å². The number of thioether (sulfide) groups is 1. The molecular formula is C21H20FN3OS2. The van der Waals surface area contributed by atoms with Gasteiger partial charge < -0.3 is 0 Å². The third-order valence-electron chi connectivity index (χ3n) is 5.07. The highest BCUT2D eigenvalue weighted by Gasteiger charge is 2.25. The Morgan fingerprint density at radius 3 is 3.00 bits per heavy atom. The van der Waals surface area contributed by atoms with Crippen LogP contribution in [-0.2, 0) is 12.8 Å². The molecule has 2 atom stereocenters. The van der Waals surface area contributed by atoms with Gasteiger partial charge >= 0.3 is 0 Å². The van der Waals surface area contributed by atoms with Gasteiger partial charge in [-0.25, -0.2) is 9.37 Å². The Kier molecular flexibility index (Phi) is 5.26. The Labute approximate surface area is 171 Å². The summed E-state index contributed by atoms with van der Waals surface area (Å²) < 4.78 is 16.0. The summed E-state index contributed by atoms with van der Waals surface area (Å²) in [5, 5.41) is 10.2. The van der Waals surface area contributed by atoms with Crippen molar-refractivity contribution in [3.63, 3.8) is 0 Å². The minimum absolute atomic E-state index is 0.191. The highest BCUT2D eigenvalue weighted by atomic mass is 32.2. The number of hydrogen-bond donors (Lipinski definition) is 0. The lowest BCUT2D eigenvalue weighted by molar-refractivity contribution is 0.509. The van der Waals surface area contributed by atoms with Crippen molar-refractivity contribution in [3.05, 3.63) is 50.9 Å². The molecule has 0 aliphatic heterocycles. The summed E-state index contributed by atoms with van der Waals surface area (Å²) in [5.74, 6) is 0.438. The van der Waals surface area contributed by atoms with E-state index in [4.69, 9.17) is 10.2 Å². The van der Waals surface area contributed by atoms with Crippen LogP contribution in [0.15, 0.2) is 34.2 Å². The summed E-state index contributed by atoms with van der Waals surface area (Å²) in [6.45, 7) is 4.05. The molecule has 2 aromatic heterocycles. The van der Waals surface area contributed by atoms with Crippen molar-refractivity contribution in [1.29, 1.82) is 5.26 Å². The number of nitrogens with zero attached hydrogens (tertiary/aromatic N) is 3. The maximum Gasteiger partial charge on any atom is 0.267 e. The van der Waals surface area contributed by atoms with Crippen LogP contribution in [-0.4, -0.2) is 15.3 Å². The fourth-order valence-corrected chi connectivity index (χ4v) is 5.92. The summed E-state index contributed by atoms with van der Waals surface area (Å²) in [6, 6.07) is 8.46. The van der Waals surface area contributed by atoms with Crippen LogP contribution in [0, 0.1) is 29.0 Å². The number of benzene rings is 1. The summed E-state index contributed by atoms with van der Waals surface area (Å²) in [5.41, 5.74) is 1.08. The highest BCUT2D eigenvalue weighted by molar-refractivity contribution is 7.99. The first-order valence-corrected chi connectivity index (χ1v) is 11.1. The number of para-hydroxylation sites is 1. The predicted molar refractivity (Wildman–Crippen MR) is 112 cm³/mol. The van der Waals surface area contributed by atoms with Gasteiger partial charge in [0.15, 0.2) is 5.16 Å². The molecule has 0 saturated heterocycles. The first-order valence-electron chi connectivity index (χ1n) is 9.34. The molecule has 0 amide bonds. The van der Waals surface area contributed by atoms with Gasteiger partial charge in [-0.3, -0.25) is 9.36 Å². The van der Waals surface area contributed by atoms with E-state index in [1.807, 2.05) is 6.92 Å². The van der Waals surface area contributed by atoms with Crippen molar-refractivity contribution in [1.82, 2.24) is 9.55 Å². The molecule has 3 aromatic rings. The third kappa shape index (κ3) is 3.36. The van der Waals surface area contributed by atoms with E-state index in [9.17, 15) is 9.18 Å². The lowest BCUT2D eigenvalue weighted by atomic mass is 9.89. The predicted octanol–water partition coefficient (Wildman–Crippen LogP) is 4.96. The maximum atomic E-state index is 14.6. The van der Waals surface area contributed by atoms with Crippen molar-refractivity contribution >= 4 is 33.3 Å². The lowest BCUT2D eigenvalue weighted by Gasteiger charge is -2.18. The molecule has 1 aromatic carbocycles. The average molecular weight is 414 g/mol. The van der Waals surface area contributed by atoms with Crippen molar-refractivity contribution in [2.24, 2.45) is 11.8 Å². The van der Waals surface area contributed by atoms with Crippen molar-refractivity contribution in [2.45, 2.75) is 38.3 Å². The van der Waals surface area contributed by atoms with Crippen molar-refractivity contribution < 1.29 is 4.39 Å². The van der Waals surface area contributed by atoms with Gasteiger partial charge in [-0.05, 0) is 49.8 Å². The normalized spacial score (nSPS) is 17.3. The Morgan fingerprint density at radius 1 is 1.46 bits per heavy atom. The zero-order valence-electron chi connectivity index (χ0n) is 15.7. The second-order valence-corrected chi connectivity index (χ2v) is 9.43. The van der Waals surface area contributed by atoms with E-state index in [-0.39, 0.29) is 17.2 Å². The van der Waals surface area contributed by atoms with Crippen LogP contribution < -0.4 is 5.56 Å². The van der Waals surface area contributed by atoms with E-state index < -0.39 is 5.82 Å². The zero-order chi connectivity index (χ0) is 19.8.